The lowest BCUT2D eigenvalue weighted by Gasteiger charge is -2.10. The molecule has 3 aromatic rings. The molecular formula is C18H15BrN4O. The van der Waals surface area contributed by atoms with Gasteiger partial charge in [-0.15, -0.1) is 0 Å². The number of halogens is 1. The minimum atomic E-state index is -0.288. The summed E-state index contributed by atoms with van der Waals surface area (Å²) in [5.41, 5.74) is 1.89. The number of carbonyl (C=O) groups is 1. The molecule has 2 N–H and O–H groups in total. The van der Waals surface area contributed by atoms with Gasteiger partial charge in [0.1, 0.15) is 17.3 Å². The van der Waals surface area contributed by atoms with Crippen LogP contribution in [0.5, 0.6) is 0 Å². The van der Waals surface area contributed by atoms with Crippen LogP contribution in [0.4, 0.5) is 17.2 Å². The van der Waals surface area contributed by atoms with Gasteiger partial charge in [0.15, 0.2) is 0 Å². The number of nitrogens with one attached hydrogen (secondary N) is 2. The lowest BCUT2D eigenvalue weighted by molar-refractivity contribution is 0.102. The number of aryl methyl sites for hydroxylation is 1. The van der Waals surface area contributed by atoms with E-state index in [1.807, 2.05) is 54.6 Å². The van der Waals surface area contributed by atoms with E-state index < -0.39 is 0 Å². The summed E-state index contributed by atoms with van der Waals surface area (Å²) in [4.78, 5) is 21.0. The normalized spacial score (nSPS) is 10.2. The molecule has 120 valence electrons. The van der Waals surface area contributed by atoms with Crippen molar-refractivity contribution in [2.45, 2.75) is 6.92 Å². The van der Waals surface area contributed by atoms with Crippen LogP contribution in [-0.2, 0) is 0 Å². The molecule has 0 unspecified atom stereocenters. The molecule has 0 aliphatic carbocycles. The first-order valence-electron chi connectivity index (χ1n) is 7.35. The summed E-state index contributed by atoms with van der Waals surface area (Å²) in [6, 6.07) is 18.7. The molecule has 3 rings (SSSR count). The van der Waals surface area contributed by atoms with Crippen LogP contribution in [-0.4, -0.2) is 15.9 Å². The van der Waals surface area contributed by atoms with Crippen LogP contribution in [0.1, 0.15) is 16.3 Å². The van der Waals surface area contributed by atoms with E-state index in [9.17, 15) is 4.79 Å². The third-order valence-electron chi connectivity index (χ3n) is 3.24. The van der Waals surface area contributed by atoms with Gasteiger partial charge < -0.3 is 10.6 Å². The van der Waals surface area contributed by atoms with Gasteiger partial charge >= 0.3 is 0 Å². The summed E-state index contributed by atoms with van der Waals surface area (Å²) in [5, 5.41) is 6.02. The van der Waals surface area contributed by atoms with Gasteiger partial charge in [-0.3, -0.25) is 4.79 Å². The molecule has 1 aromatic heterocycles. The van der Waals surface area contributed by atoms with Crippen molar-refractivity contribution in [3.8, 4) is 0 Å². The lowest BCUT2D eigenvalue weighted by atomic mass is 10.3. The van der Waals surface area contributed by atoms with Crippen LogP contribution >= 0.6 is 15.9 Å². The number of amides is 1. The molecule has 0 atom stereocenters. The zero-order chi connectivity index (χ0) is 16.9. The summed E-state index contributed by atoms with van der Waals surface area (Å²) in [5.74, 6) is 0.808. The van der Waals surface area contributed by atoms with E-state index in [1.165, 1.54) is 0 Å². The first kappa shape index (κ1) is 16.1. The topological polar surface area (TPSA) is 66.9 Å². The third kappa shape index (κ3) is 3.97. The number of hydrogen-bond donors (Lipinski definition) is 2. The van der Waals surface area contributed by atoms with E-state index in [4.69, 9.17) is 0 Å². The number of aromatic nitrogens is 2. The predicted octanol–water partition coefficient (Wildman–Crippen LogP) is 4.54. The summed E-state index contributed by atoms with van der Waals surface area (Å²) in [6.45, 7) is 1.76. The Kier molecular flexibility index (Phi) is 4.86. The largest absolute Gasteiger partial charge is 0.340 e. The van der Waals surface area contributed by atoms with E-state index in [0.29, 0.717) is 23.0 Å². The fraction of sp³-hybridized carbons (Fsp3) is 0.0556. The van der Waals surface area contributed by atoms with Crippen molar-refractivity contribution in [1.82, 2.24) is 9.97 Å². The molecule has 1 heterocycles. The molecule has 24 heavy (non-hydrogen) atoms. The summed E-state index contributed by atoms with van der Waals surface area (Å²) in [6.07, 6.45) is 0. The quantitative estimate of drug-likeness (QED) is 0.694. The van der Waals surface area contributed by atoms with Crippen LogP contribution in [0.15, 0.2) is 65.1 Å². The maximum atomic E-state index is 12.5. The molecule has 0 aliphatic heterocycles. The molecule has 5 nitrogen and oxygen atoms in total. The van der Waals surface area contributed by atoms with Crippen molar-refractivity contribution in [1.29, 1.82) is 0 Å². The van der Waals surface area contributed by atoms with E-state index in [2.05, 4.69) is 36.5 Å². The first-order valence-corrected chi connectivity index (χ1v) is 8.15. The molecular weight excluding hydrogens is 368 g/mol. The van der Waals surface area contributed by atoms with E-state index in [-0.39, 0.29) is 5.91 Å². The smallest absolute Gasteiger partial charge is 0.274 e. The number of carbonyl (C=O) groups excluding carboxylic acids is 1. The van der Waals surface area contributed by atoms with Crippen LogP contribution in [0.2, 0.25) is 0 Å². The molecule has 0 aliphatic rings. The van der Waals surface area contributed by atoms with E-state index >= 15 is 0 Å². The highest BCUT2D eigenvalue weighted by molar-refractivity contribution is 9.10. The number of benzene rings is 2. The van der Waals surface area contributed by atoms with Crippen LogP contribution in [0.25, 0.3) is 0 Å². The first-order chi connectivity index (χ1) is 11.6. The zero-order valence-corrected chi connectivity index (χ0v) is 14.5. The predicted molar refractivity (Wildman–Crippen MR) is 98.6 cm³/mol. The van der Waals surface area contributed by atoms with E-state index in [1.54, 1.807) is 13.0 Å². The molecule has 0 saturated carbocycles. The maximum Gasteiger partial charge on any atom is 0.274 e. The monoisotopic (exact) mass is 382 g/mol. The Morgan fingerprint density at radius 3 is 2.46 bits per heavy atom. The van der Waals surface area contributed by atoms with Gasteiger partial charge in [-0.05, 0) is 47.1 Å². The SMILES string of the molecule is Cc1nc(Nc2ccccc2)cc(C(=O)Nc2ccccc2Br)n1. The number of nitrogens with zero attached hydrogens (tertiary/aromatic N) is 2. The summed E-state index contributed by atoms with van der Waals surface area (Å²) >= 11 is 3.41. The van der Waals surface area contributed by atoms with Gasteiger partial charge in [0.05, 0.1) is 5.69 Å². The molecule has 0 spiro atoms. The molecule has 0 radical (unpaired) electrons. The maximum absolute atomic E-state index is 12.5. The van der Waals surface area contributed by atoms with Crippen molar-refractivity contribution in [3.63, 3.8) is 0 Å². The Hall–Kier alpha value is -2.73. The van der Waals surface area contributed by atoms with Gasteiger partial charge in [-0.2, -0.15) is 0 Å². The highest BCUT2D eigenvalue weighted by Gasteiger charge is 2.12. The second-order valence-electron chi connectivity index (χ2n) is 5.11. The second kappa shape index (κ2) is 7.23. The van der Waals surface area contributed by atoms with Gasteiger partial charge in [-0.25, -0.2) is 9.97 Å². The van der Waals surface area contributed by atoms with Gasteiger partial charge in [0, 0.05) is 16.2 Å². The summed E-state index contributed by atoms with van der Waals surface area (Å²) in [7, 11) is 0. The molecule has 0 saturated heterocycles. The second-order valence-corrected chi connectivity index (χ2v) is 5.96. The zero-order valence-electron chi connectivity index (χ0n) is 13.0. The Labute approximate surface area is 148 Å². The number of hydrogen-bond acceptors (Lipinski definition) is 4. The molecule has 1 amide bonds. The third-order valence-corrected chi connectivity index (χ3v) is 3.93. The van der Waals surface area contributed by atoms with Crippen molar-refractivity contribution in [2.24, 2.45) is 0 Å². The minimum Gasteiger partial charge on any atom is -0.340 e. The summed E-state index contributed by atoms with van der Waals surface area (Å²) < 4.78 is 0.812. The van der Waals surface area contributed by atoms with Crippen molar-refractivity contribution < 1.29 is 4.79 Å². The van der Waals surface area contributed by atoms with Crippen molar-refractivity contribution >= 4 is 39.0 Å². The fourth-order valence-electron chi connectivity index (χ4n) is 2.17. The number of para-hydroxylation sites is 2. The minimum absolute atomic E-state index is 0.288. The Balaban J connectivity index is 1.83. The molecule has 0 bridgehead atoms. The van der Waals surface area contributed by atoms with Gasteiger partial charge in [0.25, 0.3) is 5.91 Å². The standard InChI is InChI=1S/C18H15BrN4O/c1-12-20-16(18(24)23-15-10-6-5-9-14(15)19)11-17(21-12)22-13-7-3-2-4-8-13/h2-11H,1H3,(H,23,24)(H,20,21,22). The number of rotatable bonds is 4. The van der Waals surface area contributed by atoms with Crippen molar-refractivity contribution in [2.75, 3.05) is 10.6 Å². The average Bonchev–Trinajstić information content (AvgIpc) is 2.57. The molecule has 6 heteroatoms. The van der Waals surface area contributed by atoms with Crippen molar-refractivity contribution in [3.05, 3.63) is 76.7 Å². The molecule has 2 aromatic carbocycles. The van der Waals surface area contributed by atoms with Crippen LogP contribution in [0.3, 0.4) is 0 Å². The van der Waals surface area contributed by atoms with Crippen LogP contribution < -0.4 is 10.6 Å². The van der Waals surface area contributed by atoms with Gasteiger partial charge in [-0.1, -0.05) is 30.3 Å². The Morgan fingerprint density at radius 2 is 1.71 bits per heavy atom. The Bertz CT molecular complexity index is 868. The highest BCUT2D eigenvalue weighted by atomic mass is 79.9. The average molecular weight is 383 g/mol. The van der Waals surface area contributed by atoms with E-state index in [0.717, 1.165) is 10.2 Å². The fourth-order valence-corrected chi connectivity index (χ4v) is 2.55. The highest BCUT2D eigenvalue weighted by Crippen LogP contribution is 2.22. The van der Waals surface area contributed by atoms with Gasteiger partial charge in [0.2, 0.25) is 0 Å². The van der Waals surface area contributed by atoms with Crippen LogP contribution in [0, 0.1) is 6.92 Å². The lowest BCUT2D eigenvalue weighted by Crippen LogP contribution is -2.15. The molecule has 0 fully saturated rings. The number of anilines is 3. The Morgan fingerprint density at radius 1 is 1.00 bits per heavy atom.